The number of hydrogen-bond acceptors (Lipinski definition) is 5. The number of aryl methyl sites for hydroxylation is 1. The van der Waals surface area contributed by atoms with Crippen molar-refractivity contribution in [3.8, 4) is 0 Å². The fourth-order valence-corrected chi connectivity index (χ4v) is 2.64. The minimum absolute atomic E-state index is 0.0538. The summed E-state index contributed by atoms with van der Waals surface area (Å²) in [4.78, 5) is 24.3. The number of hydrazone groups is 1. The van der Waals surface area contributed by atoms with Gasteiger partial charge in [-0.15, -0.1) is 11.3 Å². The van der Waals surface area contributed by atoms with Crippen LogP contribution >= 0.6 is 11.3 Å². The summed E-state index contributed by atoms with van der Waals surface area (Å²) in [6.45, 7) is 3.90. The van der Waals surface area contributed by atoms with Gasteiger partial charge < -0.3 is 0 Å². The number of non-ortho nitro benzene ring substituents is 1. The fourth-order valence-electron chi connectivity index (χ4n) is 1.75. The van der Waals surface area contributed by atoms with Crippen LogP contribution in [-0.4, -0.2) is 16.5 Å². The Hall–Kier alpha value is -2.54. The Morgan fingerprint density at radius 3 is 2.50 bits per heavy atom. The van der Waals surface area contributed by atoms with Crippen LogP contribution in [0.4, 0.5) is 5.69 Å². The molecule has 0 spiro atoms. The lowest BCUT2D eigenvalue weighted by molar-refractivity contribution is -0.384. The second-order valence-electron chi connectivity index (χ2n) is 4.56. The molecule has 0 fully saturated rings. The molecule has 0 unspecified atom stereocenters. The summed E-state index contributed by atoms with van der Waals surface area (Å²) >= 11 is 1.64. The van der Waals surface area contributed by atoms with Gasteiger partial charge in [-0.25, -0.2) is 5.43 Å². The van der Waals surface area contributed by atoms with Crippen LogP contribution in [0, 0.1) is 10.1 Å². The molecule has 0 aliphatic carbocycles. The number of nitro groups is 1. The first-order valence-electron chi connectivity index (χ1n) is 6.69. The molecule has 1 aromatic carbocycles. The van der Waals surface area contributed by atoms with E-state index in [0.717, 1.165) is 17.0 Å². The quantitative estimate of drug-likeness (QED) is 0.521. The molecule has 1 heterocycles. The number of thiophene rings is 1. The van der Waals surface area contributed by atoms with Gasteiger partial charge in [-0.3, -0.25) is 14.9 Å². The first-order chi connectivity index (χ1) is 10.5. The van der Waals surface area contributed by atoms with Crippen molar-refractivity contribution in [3.05, 3.63) is 61.8 Å². The molecule has 1 aromatic heterocycles. The second kappa shape index (κ2) is 6.95. The molecule has 0 saturated heterocycles. The Bertz CT molecular complexity index is 720. The highest BCUT2D eigenvalue weighted by Gasteiger charge is 2.09. The van der Waals surface area contributed by atoms with Crippen molar-refractivity contribution in [1.29, 1.82) is 0 Å². The van der Waals surface area contributed by atoms with Crippen LogP contribution in [0.1, 0.15) is 34.0 Å². The summed E-state index contributed by atoms with van der Waals surface area (Å²) in [5.74, 6) is -0.401. The molecule has 0 aliphatic rings. The SMILES string of the molecule is CCc1ccc(/C(C)=N\NC(=O)c2ccc([N+](=O)[O-])cc2)s1. The standard InChI is InChI=1S/C15H15N3O3S/c1-3-13-8-9-14(22-13)10(2)16-17-15(19)11-4-6-12(7-5-11)18(20)21/h4-9H,3H2,1-2H3,(H,17,19)/b16-10-. The van der Waals surface area contributed by atoms with Gasteiger partial charge in [0.15, 0.2) is 0 Å². The van der Waals surface area contributed by atoms with Gasteiger partial charge in [0.1, 0.15) is 0 Å². The van der Waals surface area contributed by atoms with Crippen molar-refractivity contribution >= 4 is 28.6 Å². The van der Waals surface area contributed by atoms with Crippen molar-refractivity contribution in [1.82, 2.24) is 5.43 Å². The Balaban J connectivity index is 2.04. The third-order valence-electron chi connectivity index (χ3n) is 3.03. The number of nitrogens with one attached hydrogen (secondary N) is 1. The van der Waals surface area contributed by atoms with Crippen molar-refractivity contribution in [3.63, 3.8) is 0 Å². The Morgan fingerprint density at radius 2 is 1.95 bits per heavy atom. The number of rotatable bonds is 5. The second-order valence-corrected chi connectivity index (χ2v) is 5.73. The van der Waals surface area contributed by atoms with Gasteiger partial charge in [0.25, 0.3) is 11.6 Å². The van der Waals surface area contributed by atoms with E-state index in [0.29, 0.717) is 5.56 Å². The first-order valence-corrected chi connectivity index (χ1v) is 7.51. The Kier molecular flexibility index (Phi) is 5.00. The Labute approximate surface area is 131 Å². The third kappa shape index (κ3) is 3.76. The summed E-state index contributed by atoms with van der Waals surface area (Å²) in [6, 6.07) is 9.39. The van der Waals surface area contributed by atoms with Crippen molar-refractivity contribution in [2.24, 2.45) is 5.10 Å². The number of carbonyl (C=O) groups is 1. The maximum atomic E-state index is 11.9. The number of amides is 1. The Morgan fingerprint density at radius 1 is 1.27 bits per heavy atom. The van der Waals surface area contributed by atoms with E-state index in [1.54, 1.807) is 11.3 Å². The molecule has 2 aromatic rings. The van der Waals surface area contributed by atoms with Crippen LogP contribution in [0.15, 0.2) is 41.5 Å². The van der Waals surface area contributed by atoms with Crippen LogP contribution in [0.3, 0.4) is 0 Å². The number of nitrogens with zero attached hydrogens (tertiary/aromatic N) is 2. The molecule has 1 amide bonds. The molecule has 0 bridgehead atoms. The topological polar surface area (TPSA) is 84.6 Å². The van der Waals surface area contributed by atoms with Crippen LogP contribution in [0.2, 0.25) is 0 Å². The van der Waals surface area contributed by atoms with E-state index in [1.165, 1.54) is 29.1 Å². The van der Waals surface area contributed by atoms with Crippen LogP contribution in [-0.2, 0) is 6.42 Å². The molecular formula is C15H15N3O3S. The summed E-state index contributed by atoms with van der Waals surface area (Å²) in [7, 11) is 0. The van der Waals surface area contributed by atoms with Gasteiger partial charge >= 0.3 is 0 Å². The number of carbonyl (C=O) groups excluding carboxylic acids is 1. The molecule has 114 valence electrons. The van der Waals surface area contributed by atoms with Crippen molar-refractivity contribution in [2.75, 3.05) is 0 Å². The number of nitro benzene ring substituents is 1. The van der Waals surface area contributed by atoms with E-state index in [-0.39, 0.29) is 5.69 Å². The minimum Gasteiger partial charge on any atom is -0.267 e. The molecule has 0 radical (unpaired) electrons. The normalized spacial score (nSPS) is 11.3. The van der Waals surface area contributed by atoms with E-state index in [9.17, 15) is 14.9 Å². The highest BCUT2D eigenvalue weighted by molar-refractivity contribution is 7.14. The molecule has 22 heavy (non-hydrogen) atoms. The highest BCUT2D eigenvalue weighted by atomic mass is 32.1. The smallest absolute Gasteiger partial charge is 0.267 e. The van der Waals surface area contributed by atoms with Gasteiger partial charge in [0.05, 0.1) is 15.5 Å². The van der Waals surface area contributed by atoms with Gasteiger partial charge in [-0.1, -0.05) is 6.92 Å². The average molecular weight is 317 g/mol. The monoisotopic (exact) mass is 317 g/mol. The van der Waals surface area contributed by atoms with Crippen molar-refractivity contribution < 1.29 is 9.72 Å². The molecule has 0 atom stereocenters. The van der Waals surface area contributed by atoms with E-state index < -0.39 is 10.8 Å². The summed E-state index contributed by atoms with van der Waals surface area (Å²) < 4.78 is 0. The van der Waals surface area contributed by atoms with Gasteiger partial charge in [-0.05, 0) is 37.6 Å². The zero-order valence-corrected chi connectivity index (χ0v) is 13.0. The summed E-state index contributed by atoms with van der Waals surface area (Å²) in [5, 5.41) is 14.6. The van der Waals surface area contributed by atoms with Crippen LogP contribution in [0.25, 0.3) is 0 Å². The minimum atomic E-state index is -0.508. The largest absolute Gasteiger partial charge is 0.271 e. The average Bonchev–Trinajstić information content (AvgIpc) is 3.01. The summed E-state index contributed by atoms with van der Waals surface area (Å²) in [5.41, 5.74) is 3.45. The zero-order chi connectivity index (χ0) is 16.1. The van der Waals surface area contributed by atoms with E-state index in [4.69, 9.17) is 0 Å². The van der Waals surface area contributed by atoms with Crippen LogP contribution < -0.4 is 5.43 Å². The number of hydrogen-bond donors (Lipinski definition) is 1. The van der Waals surface area contributed by atoms with Crippen LogP contribution in [0.5, 0.6) is 0 Å². The molecule has 2 rings (SSSR count). The first kappa shape index (κ1) is 15.8. The lowest BCUT2D eigenvalue weighted by Crippen LogP contribution is -2.19. The predicted molar refractivity (Wildman–Crippen MR) is 86.5 cm³/mol. The molecule has 6 nitrogen and oxygen atoms in total. The zero-order valence-electron chi connectivity index (χ0n) is 12.2. The van der Waals surface area contributed by atoms with Crippen molar-refractivity contribution in [2.45, 2.75) is 20.3 Å². The highest BCUT2D eigenvalue weighted by Crippen LogP contribution is 2.17. The molecular weight excluding hydrogens is 302 g/mol. The van der Waals surface area contributed by atoms with E-state index >= 15 is 0 Å². The van der Waals surface area contributed by atoms with E-state index in [2.05, 4.69) is 17.5 Å². The maximum Gasteiger partial charge on any atom is 0.271 e. The summed E-state index contributed by atoms with van der Waals surface area (Å²) in [6.07, 6.45) is 0.965. The fraction of sp³-hybridized carbons (Fsp3) is 0.200. The molecule has 7 heteroatoms. The third-order valence-corrected chi connectivity index (χ3v) is 4.37. The van der Waals surface area contributed by atoms with Gasteiger partial charge in [0.2, 0.25) is 0 Å². The van der Waals surface area contributed by atoms with E-state index in [1.807, 2.05) is 19.1 Å². The number of benzene rings is 1. The lowest BCUT2D eigenvalue weighted by Gasteiger charge is -2.01. The molecule has 0 saturated carbocycles. The molecule has 1 N–H and O–H groups in total. The van der Waals surface area contributed by atoms with Gasteiger partial charge in [0, 0.05) is 22.6 Å². The van der Waals surface area contributed by atoms with Gasteiger partial charge in [-0.2, -0.15) is 5.10 Å². The lowest BCUT2D eigenvalue weighted by atomic mass is 10.2. The maximum absolute atomic E-state index is 11.9. The molecule has 0 aliphatic heterocycles. The predicted octanol–water partition coefficient (Wildman–Crippen LogP) is 3.37.